The zero-order valence-corrected chi connectivity index (χ0v) is 12.4. The van der Waals surface area contributed by atoms with Crippen LogP contribution >= 0.6 is 11.3 Å². The molecule has 1 N–H and O–H groups in total. The summed E-state index contributed by atoms with van der Waals surface area (Å²) >= 11 is 1.82. The molecule has 1 saturated heterocycles. The Hall–Kier alpha value is -1.19. The van der Waals surface area contributed by atoms with Crippen molar-refractivity contribution >= 4 is 11.3 Å². The van der Waals surface area contributed by atoms with Crippen molar-refractivity contribution in [1.82, 2.24) is 10.3 Å². The Morgan fingerprint density at radius 2 is 2.00 bits per heavy atom. The van der Waals surface area contributed by atoms with Crippen LogP contribution in [0.4, 0.5) is 0 Å². The van der Waals surface area contributed by atoms with Gasteiger partial charge >= 0.3 is 0 Å². The van der Waals surface area contributed by atoms with Crippen LogP contribution in [0.15, 0.2) is 23.6 Å². The molecule has 1 aliphatic heterocycles. The highest BCUT2D eigenvalue weighted by Gasteiger charge is 2.19. The maximum atomic E-state index is 4.89. The Morgan fingerprint density at radius 3 is 2.74 bits per heavy atom. The number of aromatic nitrogens is 1. The lowest BCUT2D eigenvalue weighted by Gasteiger charge is -2.20. The molecule has 0 bridgehead atoms. The van der Waals surface area contributed by atoms with Crippen molar-refractivity contribution in [3.8, 4) is 11.3 Å². The van der Waals surface area contributed by atoms with Gasteiger partial charge in [-0.1, -0.05) is 23.8 Å². The first-order valence-electron chi connectivity index (χ1n) is 6.98. The summed E-state index contributed by atoms with van der Waals surface area (Å²) in [6.07, 6.45) is 2.44. The molecule has 0 unspecified atom stereocenters. The summed E-state index contributed by atoms with van der Waals surface area (Å²) in [4.78, 5) is 4.89. The van der Waals surface area contributed by atoms with Crippen molar-refractivity contribution in [2.24, 2.45) is 0 Å². The predicted molar refractivity (Wildman–Crippen MR) is 81.9 cm³/mol. The predicted octanol–water partition coefficient (Wildman–Crippen LogP) is 3.89. The summed E-state index contributed by atoms with van der Waals surface area (Å²) in [5.74, 6) is 0.658. The van der Waals surface area contributed by atoms with Crippen LogP contribution in [0.25, 0.3) is 11.3 Å². The summed E-state index contributed by atoms with van der Waals surface area (Å²) in [5.41, 5.74) is 5.07. The monoisotopic (exact) mass is 272 g/mol. The molecule has 2 aromatic rings. The molecule has 0 saturated carbocycles. The molecule has 0 amide bonds. The highest BCUT2D eigenvalue weighted by Crippen LogP contribution is 2.32. The lowest BCUT2D eigenvalue weighted by atomic mass is 9.99. The molecular formula is C16H20N2S. The number of nitrogens with zero attached hydrogens (tertiary/aromatic N) is 1. The molecule has 2 nitrogen and oxygen atoms in total. The van der Waals surface area contributed by atoms with E-state index in [9.17, 15) is 0 Å². The molecule has 3 rings (SSSR count). The minimum Gasteiger partial charge on any atom is -0.317 e. The van der Waals surface area contributed by atoms with Gasteiger partial charge in [-0.2, -0.15) is 0 Å². The van der Waals surface area contributed by atoms with Gasteiger partial charge in [-0.25, -0.2) is 4.98 Å². The van der Waals surface area contributed by atoms with Crippen molar-refractivity contribution in [3.63, 3.8) is 0 Å². The van der Waals surface area contributed by atoms with Gasteiger partial charge in [0.2, 0.25) is 0 Å². The number of aryl methyl sites for hydroxylation is 2. The summed E-state index contributed by atoms with van der Waals surface area (Å²) in [5, 5.41) is 6.95. The van der Waals surface area contributed by atoms with E-state index in [4.69, 9.17) is 4.98 Å². The van der Waals surface area contributed by atoms with E-state index in [-0.39, 0.29) is 0 Å². The van der Waals surface area contributed by atoms with Gasteiger partial charge in [0.1, 0.15) is 0 Å². The number of thiazole rings is 1. The zero-order chi connectivity index (χ0) is 13.2. The molecule has 1 aromatic carbocycles. The number of benzene rings is 1. The van der Waals surface area contributed by atoms with Crippen molar-refractivity contribution in [2.75, 3.05) is 13.1 Å². The lowest BCUT2D eigenvalue weighted by molar-refractivity contribution is 0.459. The van der Waals surface area contributed by atoms with Gasteiger partial charge in [-0.3, -0.25) is 0 Å². The second-order valence-electron chi connectivity index (χ2n) is 5.41. The molecule has 2 heterocycles. The van der Waals surface area contributed by atoms with E-state index in [1.807, 2.05) is 11.3 Å². The molecule has 0 spiro atoms. The van der Waals surface area contributed by atoms with Crippen LogP contribution in [0.5, 0.6) is 0 Å². The van der Waals surface area contributed by atoms with Crippen LogP contribution in [-0.4, -0.2) is 18.1 Å². The Morgan fingerprint density at radius 1 is 1.21 bits per heavy atom. The average Bonchev–Trinajstić information content (AvgIpc) is 2.89. The molecule has 0 radical (unpaired) electrons. The van der Waals surface area contributed by atoms with Gasteiger partial charge in [0.25, 0.3) is 0 Å². The first-order valence-corrected chi connectivity index (χ1v) is 7.86. The highest BCUT2D eigenvalue weighted by atomic mass is 32.1. The minimum absolute atomic E-state index is 0.658. The fraction of sp³-hybridized carbons (Fsp3) is 0.438. The van der Waals surface area contributed by atoms with Gasteiger partial charge in [-0.05, 0) is 45.3 Å². The van der Waals surface area contributed by atoms with Crippen LogP contribution in [-0.2, 0) is 0 Å². The van der Waals surface area contributed by atoms with Crippen molar-refractivity contribution in [2.45, 2.75) is 32.6 Å². The topological polar surface area (TPSA) is 24.9 Å². The van der Waals surface area contributed by atoms with E-state index >= 15 is 0 Å². The zero-order valence-electron chi connectivity index (χ0n) is 11.6. The third-order valence-electron chi connectivity index (χ3n) is 3.87. The summed E-state index contributed by atoms with van der Waals surface area (Å²) in [7, 11) is 0. The summed E-state index contributed by atoms with van der Waals surface area (Å²) < 4.78 is 0. The molecular weight excluding hydrogens is 252 g/mol. The van der Waals surface area contributed by atoms with Gasteiger partial charge < -0.3 is 5.32 Å². The number of hydrogen-bond donors (Lipinski definition) is 1. The van der Waals surface area contributed by atoms with Crippen molar-refractivity contribution in [1.29, 1.82) is 0 Å². The fourth-order valence-electron chi connectivity index (χ4n) is 2.77. The smallest absolute Gasteiger partial charge is 0.0964 e. The Balaban J connectivity index is 1.87. The van der Waals surface area contributed by atoms with Crippen LogP contribution < -0.4 is 5.32 Å². The Bertz CT molecular complexity index is 568. The van der Waals surface area contributed by atoms with Gasteiger partial charge in [0.15, 0.2) is 0 Å². The van der Waals surface area contributed by atoms with E-state index in [1.165, 1.54) is 34.5 Å². The molecule has 1 fully saturated rings. The second-order valence-corrected chi connectivity index (χ2v) is 6.30. The van der Waals surface area contributed by atoms with Gasteiger partial charge in [-0.15, -0.1) is 11.3 Å². The first-order chi connectivity index (χ1) is 9.24. The number of nitrogens with one attached hydrogen (secondary N) is 1. The largest absolute Gasteiger partial charge is 0.317 e. The molecule has 0 atom stereocenters. The van der Waals surface area contributed by atoms with E-state index in [0.717, 1.165) is 18.8 Å². The number of rotatable bonds is 2. The Labute approximate surface area is 118 Å². The molecule has 100 valence electrons. The van der Waals surface area contributed by atoms with E-state index < -0.39 is 0 Å². The highest BCUT2D eigenvalue weighted by molar-refractivity contribution is 7.10. The third kappa shape index (κ3) is 2.72. The number of piperidine rings is 1. The van der Waals surface area contributed by atoms with Crippen LogP contribution in [0, 0.1) is 13.8 Å². The van der Waals surface area contributed by atoms with Crippen LogP contribution in [0.3, 0.4) is 0 Å². The fourth-order valence-corrected chi connectivity index (χ4v) is 3.76. The first kappa shape index (κ1) is 12.8. The third-order valence-corrected chi connectivity index (χ3v) is 4.88. The second kappa shape index (κ2) is 5.43. The van der Waals surface area contributed by atoms with Gasteiger partial charge in [0, 0.05) is 16.9 Å². The molecule has 19 heavy (non-hydrogen) atoms. The van der Waals surface area contributed by atoms with E-state index in [0.29, 0.717) is 5.92 Å². The molecule has 1 aromatic heterocycles. The van der Waals surface area contributed by atoms with Crippen LogP contribution in [0.2, 0.25) is 0 Å². The van der Waals surface area contributed by atoms with Crippen molar-refractivity contribution in [3.05, 3.63) is 39.7 Å². The Kier molecular flexibility index (Phi) is 3.67. The molecule has 1 aliphatic rings. The minimum atomic E-state index is 0.658. The SMILES string of the molecule is Cc1ccc(-c2csc(C3CCNCC3)n2)c(C)c1. The maximum Gasteiger partial charge on any atom is 0.0964 e. The van der Waals surface area contributed by atoms with Crippen LogP contribution in [0.1, 0.15) is 34.9 Å². The molecule has 0 aliphatic carbocycles. The summed E-state index contributed by atoms with van der Waals surface area (Å²) in [6.45, 7) is 6.57. The maximum absolute atomic E-state index is 4.89. The number of hydrogen-bond acceptors (Lipinski definition) is 3. The average molecular weight is 272 g/mol. The van der Waals surface area contributed by atoms with E-state index in [2.05, 4.69) is 42.7 Å². The summed E-state index contributed by atoms with van der Waals surface area (Å²) in [6, 6.07) is 6.61. The molecule has 3 heteroatoms. The van der Waals surface area contributed by atoms with Gasteiger partial charge in [0.05, 0.1) is 10.7 Å². The standard InChI is InChI=1S/C16H20N2S/c1-11-3-4-14(12(2)9-11)15-10-19-16(18-15)13-5-7-17-8-6-13/h3-4,9-10,13,17H,5-8H2,1-2H3. The lowest BCUT2D eigenvalue weighted by Crippen LogP contribution is -2.26. The quantitative estimate of drug-likeness (QED) is 0.897. The van der Waals surface area contributed by atoms with E-state index in [1.54, 1.807) is 0 Å². The van der Waals surface area contributed by atoms with Crippen molar-refractivity contribution < 1.29 is 0 Å². The normalized spacial score (nSPS) is 16.7.